The summed E-state index contributed by atoms with van der Waals surface area (Å²) in [7, 11) is -4.67. The first-order chi connectivity index (χ1) is 5.45. The fraction of sp³-hybridized carbons (Fsp3) is 1.00. The van der Waals surface area contributed by atoms with Crippen LogP contribution in [0.15, 0.2) is 0 Å². The Balaban J connectivity index is 0.000000130. The Kier molecular flexibility index (Phi) is 3.05. The van der Waals surface area contributed by atoms with Crippen LogP contribution in [-0.2, 0) is 10.4 Å². The second-order valence-corrected chi connectivity index (χ2v) is 4.06. The van der Waals surface area contributed by atoms with Crippen LogP contribution in [0, 0.1) is 0 Å². The standard InChI is InChI=1S/C6H11N.H2O4S/c1-2-5(1)7-6-3-4-6;1-5(2,3)4/h5-7H,1-4H2;(H2,1,2,3,4). The van der Waals surface area contributed by atoms with E-state index in [0.717, 1.165) is 12.1 Å². The molecule has 2 fully saturated rings. The molecule has 2 rings (SSSR count). The maximum absolute atomic E-state index is 8.74. The molecule has 2 saturated carbocycles. The Hall–Kier alpha value is -0.170. The van der Waals surface area contributed by atoms with Gasteiger partial charge < -0.3 is 5.32 Å². The smallest absolute Gasteiger partial charge is 0.311 e. The molecule has 0 heterocycles. The lowest BCUT2D eigenvalue weighted by molar-refractivity contribution is 0.381. The van der Waals surface area contributed by atoms with Crippen LogP contribution >= 0.6 is 0 Å². The predicted octanol–water partition coefficient (Wildman–Crippen LogP) is 0.248. The van der Waals surface area contributed by atoms with Crippen molar-refractivity contribution in [3.63, 3.8) is 0 Å². The fourth-order valence-electron chi connectivity index (χ4n) is 0.833. The molecule has 0 aromatic carbocycles. The lowest BCUT2D eigenvalue weighted by Crippen LogP contribution is -2.17. The summed E-state index contributed by atoms with van der Waals surface area (Å²) in [6.45, 7) is 0. The second-order valence-electron chi connectivity index (χ2n) is 3.16. The molecule has 3 N–H and O–H groups in total. The molecule has 72 valence electrons. The highest BCUT2D eigenvalue weighted by molar-refractivity contribution is 7.79. The third kappa shape index (κ3) is 7.93. The van der Waals surface area contributed by atoms with Crippen LogP contribution in [0.3, 0.4) is 0 Å². The molecular weight excluding hydrogens is 182 g/mol. The van der Waals surface area contributed by atoms with Crippen molar-refractivity contribution in [2.24, 2.45) is 0 Å². The van der Waals surface area contributed by atoms with Gasteiger partial charge in [0.1, 0.15) is 0 Å². The van der Waals surface area contributed by atoms with Crippen molar-refractivity contribution in [2.45, 2.75) is 37.8 Å². The number of nitrogens with one attached hydrogen (secondary N) is 1. The largest absolute Gasteiger partial charge is 0.394 e. The minimum atomic E-state index is -4.67. The Bertz CT molecular complexity index is 212. The van der Waals surface area contributed by atoms with E-state index in [2.05, 4.69) is 5.32 Å². The van der Waals surface area contributed by atoms with Crippen LogP contribution in [-0.4, -0.2) is 29.6 Å². The van der Waals surface area contributed by atoms with Crippen LogP contribution in [0.25, 0.3) is 0 Å². The first-order valence-corrected chi connectivity index (χ1v) is 5.31. The van der Waals surface area contributed by atoms with Crippen LogP contribution in [0.1, 0.15) is 25.7 Å². The lowest BCUT2D eigenvalue weighted by atomic mass is 10.6. The van der Waals surface area contributed by atoms with E-state index in [1.807, 2.05) is 0 Å². The summed E-state index contributed by atoms with van der Waals surface area (Å²) in [5, 5.41) is 3.53. The average Bonchev–Trinajstić information content (AvgIpc) is 2.57. The topological polar surface area (TPSA) is 86.6 Å². The van der Waals surface area contributed by atoms with Gasteiger partial charge in [0, 0.05) is 12.1 Å². The zero-order valence-electron chi connectivity index (χ0n) is 6.60. The van der Waals surface area contributed by atoms with Gasteiger partial charge in [-0.05, 0) is 25.7 Å². The number of hydrogen-bond donors (Lipinski definition) is 3. The summed E-state index contributed by atoms with van der Waals surface area (Å²) in [6, 6.07) is 1.87. The van der Waals surface area contributed by atoms with Crippen molar-refractivity contribution in [3.8, 4) is 0 Å². The maximum Gasteiger partial charge on any atom is 0.394 e. The monoisotopic (exact) mass is 195 g/mol. The first-order valence-electron chi connectivity index (χ1n) is 3.91. The predicted molar refractivity (Wildman–Crippen MR) is 43.4 cm³/mol. The zero-order valence-corrected chi connectivity index (χ0v) is 7.42. The van der Waals surface area contributed by atoms with E-state index in [-0.39, 0.29) is 0 Å². The van der Waals surface area contributed by atoms with Crippen molar-refractivity contribution in [2.75, 3.05) is 0 Å². The third-order valence-corrected chi connectivity index (χ3v) is 1.63. The number of rotatable bonds is 2. The number of hydrogen-bond acceptors (Lipinski definition) is 3. The first kappa shape index (κ1) is 9.91. The van der Waals surface area contributed by atoms with Crippen molar-refractivity contribution < 1.29 is 17.5 Å². The van der Waals surface area contributed by atoms with Gasteiger partial charge in [0.2, 0.25) is 0 Å². The lowest BCUT2D eigenvalue weighted by Gasteiger charge is -1.92. The summed E-state index contributed by atoms with van der Waals surface area (Å²) in [6.07, 6.45) is 5.76. The van der Waals surface area contributed by atoms with E-state index >= 15 is 0 Å². The molecule has 0 unspecified atom stereocenters. The quantitative estimate of drug-likeness (QED) is 0.550. The van der Waals surface area contributed by atoms with E-state index in [0.29, 0.717) is 0 Å². The van der Waals surface area contributed by atoms with Crippen molar-refractivity contribution in [1.29, 1.82) is 0 Å². The van der Waals surface area contributed by atoms with E-state index in [1.165, 1.54) is 25.7 Å². The summed E-state index contributed by atoms with van der Waals surface area (Å²) >= 11 is 0. The molecule has 0 spiro atoms. The second kappa shape index (κ2) is 3.69. The fourth-order valence-corrected chi connectivity index (χ4v) is 0.833. The summed E-state index contributed by atoms with van der Waals surface area (Å²) < 4.78 is 31.6. The Labute approximate surface area is 71.7 Å². The highest BCUT2D eigenvalue weighted by atomic mass is 32.3. The highest BCUT2D eigenvalue weighted by Gasteiger charge is 2.29. The van der Waals surface area contributed by atoms with E-state index in [4.69, 9.17) is 17.5 Å². The van der Waals surface area contributed by atoms with Gasteiger partial charge in [0.05, 0.1) is 0 Å². The molecule has 0 aromatic rings. The molecule has 2 aliphatic carbocycles. The van der Waals surface area contributed by atoms with E-state index < -0.39 is 10.4 Å². The molecule has 12 heavy (non-hydrogen) atoms. The minimum Gasteiger partial charge on any atom is -0.311 e. The normalized spacial score (nSPS) is 22.8. The third-order valence-electron chi connectivity index (χ3n) is 1.63. The van der Waals surface area contributed by atoms with Gasteiger partial charge in [-0.1, -0.05) is 0 Å². The Morgan fingerprint density at radius 3 is 1.42 bits per heavy atom. The summed E-state index contributed by atoms with van der Waals surface area (Å²) in [4.78, 5) is 0. The molecule has 0 aliphatic heterocycles. The summed E-state index contributed by atoms with van der Waals surface area (Å²) in [5.41, 5.74) is 0. The van der Waals surface area contributed by atoms with Crippen molar-refractivity contribution >= 4 is 10.4 Å². The molecule has 0 radical (unpaired) electrons. The molecule has 0 bridgehead atoms. The van der Waals surface area contributed by atoms with Gasteiger partial charge in [0.15, 0.2) is 0 Å². The Morgan fingerprint density at radius 2 is 1.25 bits per heavy atom. The Morgan fingerprint density at radius 1 is 1.00 bits per heavy atom. The van der Waals surface area contributed by atoms with Gasteiger partial charge in [-0.25, -0.2) is 0 Å². The van der Waals surface area contributed by atoms with Gasteiger partial charge in [0.25, 0.3) is 0 Å². The van der Waals surface area contributed by atoms with Gasteiger partial charge >= 0.3 is 10.4 Å². The molecule has 5 nitrogen and oxygen atoms in total. The SMILES string of the molecule is C1CC1NC1CC1.O=S(=O)(O)O. The van der Waals surface area contributed by atoms with Crippen molar-refractivity contribution in [1.82, 2.24) is 5.32 Å². The van der Waals surface area contributed by atoms with Gasteiger partial charge in [-0.2, -0.15) is 8.42 Å². The highest BCUT2D eigenvalue weighted by Crippen LogP contribution is 2.26. The van der Waals surface area contributed by atoms with E-state index in [9.17, 15) is 0 Å². The van der Waals surface area contributed by atoms with Crippen LogP contribution < -0.4 is 5.32 Å². The molecule has 0 aromatic heterocycles. The van der Waals surface area contributed by atoms with E-state index in [1.54, 1.807) is 0 Å². The van der Waals surface area contributed by atoms with Crippen LogP contribution in [0.2, 0.25) is 0 Å². The van der Waals surface area contributed by atoms with Gasteiger partial charge in [-0.3, -0.25) is 9.11 Å². The van der Waals surface area contributed by atoms with Crippen LogP contribution in [0.4, 0.5) is 0 Å². The summed E-state index contributed by atoms with van der Waals surface area (Å²) in [5.74, 6) is 0. The van der Waals surface area contributed by atoms with Crippen molar-refractivity contribution in [3.05, 3.63) is 0 Å². The molecule has 0 atom stereocenters. The average molecular weight is 195 g/mol. The molecule has 0 saturated heterocycles. The molecule has 2 aliphatic rings. The zero-order chi connectivity index (χ0) is 9.19. The molecular formula is C6H13NO4S. The minimum absolute atomic E-state index is 0.937. The maximum atomic E-state index is 8.74. The molecule has 6 heteroatoms. The molecule has 0 amide bonds. The van der Waals surface area contributed by atoms with Crippen LogP contribution in [0.5, 0.6) is 0 Å². The van der Waals surface area contributed by atoms with Gasteiger partial charge in [-0.15, -0.1) is 0 Å².